The quantitative estimate of drug-likeness (QED) is 0.914. The predicted molar refractivity (Wildman–Crippen MR) is 69.4 cm³/mol. The lowest BCUT2D eigenvalue weighted by atomic mass is 10.2. The van der Waals surface area contributed by atoms with Crippen LogP contribution in [-0.2, 0) is 9.59 Å². The van der Waals surface area contributed by atoms with Gasteiger partial charge in [-0.2, -0.15) is 8.78 Å². The smallest absolute Gasteiger partial charge is 0.316 e. The fraction of sp³-hybridized carbons (Fsp3) is 0.385. The zero-order valence-electron chi connectivity index (χ0n) is 11.0. The third-order valence-corrected chi connectivity index (χ3v) is 2.41. The molecular weight excluding hydrogens is 254 g/mol. The molecule has 0 aromatic heterocycles. The van der Waals surface area contributed by atoms with Gasteiger partial charge in [-0.05, 0) is 26.0 Å². The molecular formula is C13H16F2N2O2. The molecule has 1 N–H and O–H groups in total. The molecule has 0 aliphatic heterocycles. The second-order valence-electron chi connectivity index (χ2n) is 4.30. The first-order valence-corrected chi connectivity index (χ1v) is 5.82. The monoisotopic (exact) mass is 270 g/mol. The number of nitrogens with zero attached hydrogens (tertiary/aromatic N) is 1. The molecule has 0 unspecified atom stereocenters. The molecule has 0 bridgehead atoms. The summed E-state index contributed by atoms with van der Waals surface area (Å²) in [5.74, 6) is -1.62. The van der Waals surface area contributed by atoms with Crippen LogP contribution in [-0.4, -0.2) is 24.3 Å². The lowest BCUT2D eigenvalue weighted by molar-refractivity contribution is -0.129. The maximum atomic E-state index is 12.6. The summed E-state index contributed by atoms with van der Waals surface area (Å²) < 4.78 is 25.3. The van der Waals surface area contributed by atoms with E-state index in [1.807, 2.05) is 0 Å². The lowest BCUT2D eigenvalue weighted by Gasteiger charge is -2.28. The molecule has 19 heavy (non-hydrogen) atoms. The molecule has 6 heteroatoms. The van der Waals surface area contributed by atoms with Crippen molar-refractivity contribution in [3.05, 3.63) is 24.3 Å². The Hall–Kier alpha value is -1.98. The molecule has 0 fully saturated rings. The predicted octanol–water partition coefficient (Wildman–Crippen LogP) is 2.65. The van der Waals surface area contributed by atoms with E-state index in [9.17, 15) is 18.4 Å². The van der Waals surface area contributed by atoms with Crippen LogP contribution in [0.2, 0.25) is 0 Å². The number of rotatable bonds is 4. The van der Waals surface area contributed by atoms with Gasteiger partial charge < -0.3 is 10.2 Å². The first kappa shape index (κ1) is 15.1. The van der Waals surface area contributed by atoms with E-state index in [0.717, 1.165) is 4.90 Å². The summed E-state index contributed by atoms with van der Waals surface area (Å²) in [4.78, 5) is 23.7. The molecule has 0 saturated carbocycles. The number of alkyl halides is 2. The van der Waals surface area contributed by atoms with Crippen LogP contribution in [0.5, 0.6) is 0 Å². The van der Waals surface area contributed by atoms with Crippen molar-refractivity contribution in [2.24, 2.45) is 0 Å². The van der Waals surface area contributed by atoms with E-state index >= 15 is 0 Å². The van der Waals surface area contributed by atoms with Gasteiger partial charge in [-0.1, -0.05) is 12.1 Å². The Morgan fingerprint density at radius 3 is 2.26 bits per heavy atom. The van der Waals surface area contributed by atoms with Crippen LogP contribution in [0.15, 0.2) is 24.3 Å². The maximum absolute atomic E-state index is 12.6. The molecule has 1 aromatic rings. The molecule has 0 spiro atoms. The number of hydrogen-bond donors (Lipinski definition) is 1. The minimum atomic E-state index is -3.09. The fourth-order valence-corrected chi connectivity index (χ4v) is 1.74. The van der Waals surface area contributed by atoms with Gasteiger partial charge in [0.1, 0.15) is 0 Å². The summed E-state index contributed by atoms with van der Waals surface area (Å²) in [5, 5.41) is 2.52. The Kier molecular flexibility index (Phi) is 4.97. The average molecular weight is 270 g/mol. The third-order valence-electron chi connectivity index (χ3n) is 2.41. The van der Waals surface area contributed by atoms with Gasteiger partial charge in [-0.25, -0.2) is 0 Å². The van der Waals surface area contributed by atoms with Gasteiger partial charge in [0.15, 0.2) is 0 Å². The van der Waals surface area contributed by atoms with E-state index in [0.29, 0.717) is 5.69 Å². The normalized spacial score (nSPS) is 10.7. The van der Waals surface area contributed by atoms with E-state index in [1.165, 1.54) is 13.0 Å². The van der Waals surface area contributed by atoms with Gasteiger partial charge in [0.05, 0.1) is 11.4 Å². The van der Waals surface area contributed by atoms with Crippen molar-refractivity contribution < 1.29 is 18.4 Å². The van der Waals surface area contributed by atoms with Crippen LogP contribution in [0, 0.1) is 0 Å². The van der Waals surface area contributed by atoms with Crippen molar-refractivity contribution in [2.75, 3.05) is 10.2 Å². The van der Waals surface area contributed by atoms with Crippen molar-refractivity contribution >= 4 is 23.2 Å². The second-order valence-corrected chi connectivity index (χ2v) is 4.30. The van der Waals surface area contributed by atoms with Crippen LogP contribution in [0.4, 0.5) is 20.2 Å². The van der Waals surface area contributed by atoms with E-state index in [4.69, 9.17) is 0 Å². The van der Waals surface area contributed by atoms with Crippen LogP contribution in [0.1, 0.15) is 20.8 Å². The number of para-hydroxylation sites is 2. The highest BCUT2D eigenvalue weighted by atomic mass is 19.3. The fourth-order valence-electron chi connectivity index (χ4n) is 1.74. The number of carbonyl (C=O) groups is 2. The van der Waals surface area contributed by atoms with Gasteiger partial charge in [-0.15, -0.1) is 0 Å². The average Bonchev–Trinajstić information content (AvgIpc) is 2.30. The Labute approximate surface area is 110 Å². The van der Waals surface area contributed by atoms with Crippen LogP contribution >= 0.6 is 0 Å². The molecule has 104 valence electrons. The number of benzene rings is 1. The summed E-state index contributed by atoms with van der Waals surface area (Å²) >= 11 is 0. The first-order chi connectivity index (χ1) is 8.84. The van der Waals surface area contributed by atoms with Gasteiger partial charge in [0.25, 0.3) is 5.91 Å². The van der Waals surface area contributed by atoms with Crippen molar-refractivity contribution in [1.82, 2.24) is 0 Å². The number of hydrogen-bond acceptors (Lipinski definition) is 2. The molecule has 1 aromatic carbocycles. The number of carbonyl (C=O) groups excluding carboxylic acids is 2. The standard InChI is InChI=1S/C13H16F2N2O2/c1-8(2)17(13(19)12(14)15)11-7-5-4-6-10(11)16-9(3)18/h4-8,12H,1-3H3,(H,16,18). The molecule has 2 amide bonds. The second kappa shape index (κ2) is 6.26. The SMILES string of the molecule is CC(=O)Nc1ccccc1N(C(=O)C(F)F)C(C)C. The van der Waals surface area contributed by atoms with Gasteiger partial charge in [-0.3, -0.25) is 9.59 Å². The van der Waals surface area contributed by atoms with E-state index in [-0.39, 0.29) is 11.6 Å². The highest BCUT2D eigenvalue weighted by molar-refractivity contribution is 6.01. The highest BCUT2D eigenvalue weighted by Gasteiger charge is 2.28. The van der Waals surface area contributed by atoms with Crippen LogP contribution in [0.25, 0.3) is 0 Å². The molecule has 0 heterocycles. The minimum absolute atomic E-state index is 0.262. The number of nitrogens with one attached hydrogen (secondary N) is 1. The van der Waals surface area contributed by atoms with Gasteiger partial charge in [0.2, 0.25) is 5.91 Å². The first-order valence-electron chi connectivity index (χ1n) is 5.82. The molecule has 0 aliphatic rings. The lowest BCUT2D eigenvalue weighted by Crippen LogP contribution is -2.41. The molecule has 4 nitrogen and oxygen atoms in total. The van der Waals surface area contributed by atoms with E-state index in [2.05, 4.69) is 5.32 Å². The van der Waals surface area contributed by atoms with Crippen LogP contribution in [0.3, 0.4) is 0 Å². The molecule has 0 aliphatic carbocycles. The summed E-state index contributed by atoms with van der Waals surface area (Å²) in [6.07, 6.45) is -3.09. The van der Waals surface area contributed by atoms with Crippen molar-refractivity contribution in [3.63, 3.8) is 0 Å². The van der Waals surface area contributed by atoms with Gasteiger partial charge >= 0.3 is 6.43 Å². The molecule has 0 atom stereocenters. The Morgan fingerprint density at radius 1 is 1.21 bits per heavy atom. The summed E-state index contributed by atoms with van der Waals surface area (Å²) in [5.41, 5.74) is 0.593. The third kappa shape index (κ3) is 3.74. The summed E-state index contributed by atoms with van der Waals surface area (Å²) in [6, 6.07) is 5.90. The van der Waals surface area contributed by atoms with E-state index < -0.39 is 18.4 Å². The maximum Gasteiger partial charge on any atom is 0.316 e. The zero-order chi connectivity index (χ0) is 14.6. The van der Waals surface area contributed by atoms with Crippen LogP contribution < -0.4 is 10.2 Å². The Bertz CT molecular complexity index is 475. The summed E-state index contributed by atoms with van der Waals surface area (Å²) in [6.45, 7) is 4.57. The zero-order valence-corrected chi connectivity index (χ0v) is 11.0. The molecule has 0 saturated heterocycles. The Balaban J connectivity index is 3.23. The Morgan fingerprint density at radius 2 is 1.79 bits per heavy atom. The topological polar surface area (TPSA) is 49.4 Å². The van der Waals surface area contributed by atoms with Crippen molar-refractivity contribution in [1.29, 1.82) is 0 Å². The largest absolute Gasteiger partial charge is 0.325 e. The van der Waals surface area contributed by atoms with Crippen molar-refractivity contribution in [3.8, 4) is 0 Å². The van der Waals surface area contributed by atoms with E-state index in [1.54, 1.807) is 32.0 Å². The van der Waals surface area contributed by atoms with Gasteiger partial charge in [0, 0.05) is 13.0 Å². The minimum Gasteiger partial charge on any atom is -0.325 e. The molecule has 1 rings (SSSR count). The van der Waals surface area contributed by atoms with Crippen molar-refractivity contribution in [2.45, 2.75) is 33.2 Å². The number of amides is 2. The number of anilines is 2. The molecule has 0 radical (unpaired) electrons. The highest BCUT2D eigenvalue weighted by Crippen LogP contribution is 2.28. The number of halogens is 2. The summed E-state index contributed by atoms with van der Waals surface area (Å²) in [7, 11) is 0.